The van der Waals surface area contributed by atoms with Gasteiger partial charge < -0.3 is 15.7 Å². The molecular weight excluding hydrogens is 284 g/mol. The predicted molar refractivity (Wildman–Crippen MR) is 80.7 cm³/mol. The van der Waals surface area contributed by atoms with Crippen LogP contribution < -0.4 is 10.6 Å². The molecule has 0 saturated heterocycles. The van der Waals surface area contributed by atoms with Crippen LogP contribution >= 0.6 is 0 Å². The number of hydrogen-bond acceptors (Lipinski definition) is 3. The van der Waals surface area contributed by atoms with Crippen molar-refractivity contribution in [2.45, 2.75) is 32.2 Å². The van der Waals surface area contributed by atoms with Crippen LogP contribution in [0.2, 0.25) is 0 Å². The third-order valence-corrected chi connectivity index (χ3v) is 3.46. The van der Waals surface area contributed by atoms with Crippen molar-refractivity contribution in [2.24, 2.45) is 5.92 Å². The van der Waals surface area contributed by atoms with Crippen LogP contribution in [0.1, 0.15) is 46.9 Å². The van der Waals surface area contributed by atoms with Gasteiger partial charge in [0, 0.05) is 30.1 Å². The Morgan fingerprint density at radius 2 is 1.68 bits per heavy atom. The van der Waals surface area contributed by atoms with E-state index in [0.717, 1.165) is 12.8 Å². The van der Waals surface area contributed by atoms with E-state index in [1.54, 1.807) is 31.2 Å². The maximum Gasteiger partial charge on any atom is 0.303 e. The summed E-state index contributed by atoms with van der Waals surface area (Å²) < 4.78 is 0. The zero-order valence-electron chi connectivity index (χ0n) is 12.5. The van der Waals surface area contributed by atoms with E-state index in [1.807, 2.05) is 0 Å². The first kappa shape index (κ1) is 16.0. The van der Waals surface area contributed by atoms with Crippen molar-refractivity contribution in [3.63, 3.8) is 0 Å². The fourth-order valence-electron chi connectivity index (χ4n) is 2.01. The van der Waals surface area contributed by atoms with Crippen molar-refractivity contribution in [1.29, 1.82) is 0 Å². The molecule has 22 heavy (non-hydrogen) atoms. The SMILES string of the molecule is CC(CNC(=O)c1ccc(C(=O)NC2CC2)cc1)CC(=O)O. The smallest absolute Gasteiger partial charge is 0.303 e. The fraction of sp³-hybridized carbons (Fsp3) is 0.438. The van der Waals surface area contributed by atoms with E-state index < -0.39 is 5.97 Å². The van der Waals surface area contributed by atoms with Crippen LogP contribution in [-0.2, 0) is 4.79 Å². The Morgan fingerprint density at radius 1 is 1.14 bits per heavy atom. The van der Waals surface area contributed by atoms with Crippen LogP contribution in [0.15, 0.2) is 24.3 Å². The minimum Gasteiger partial charge on any atom is -0.481 e. The number of amides is 2. The molecule has 1 aromatic rings. The minimum absolute atomic E-state index is 0.0144. The van der Waals surface area contributed by atoms with E-state index in [0.29, 0.717) is 23.7 Å². The van der Waals surface area contributed by atoms with Crippen LogP contribution in [0.3, 0.4) is 0 Å². The van der Waals surface area contributed by atoms with Crippen molar-refractivity contribution < 1.29 is 19.5 Å². The second-order valence-corrected chi connectivity index (χ2v) is 5.74. The monoisotopic (exact) mass is 304 g/mol. The molecule has 1 atom stereocenters. The number of carboxylic acids is 1. The molecule has 0 radical (unpaired) electrons. The highest BCUT2D eigenvalue weighted by Crippen LogP contribution is 2.19. The van der Waals surface area contributed by atoms with Crippen molar-refractivity contribution in [1.82, 2.24) is 10.6 Å². The van der Waals surface area contributed by atoms with E-state index >= 15 is 0 Å². The normalized spacial score (nSPS) is 15.0. The molecule has 118 valence electrons. The molecule has 0 spiro atoms. The van der Waals surface area contributed by atoms with Gasteiger partial charge in [-0.2, -0.15) is 0 Å². The summed E-state index contributed by atoms with van der Waals surface area (Å²) in [6.45, 7) is 2.06. The fourth-order valence-corrected chi connectivity index (χ4v) is 2.01. The molecule has 1 saturated carbocycles. The molecule has 1 fully saturated rings. The Morgan fingerprint density at radius 3 is 2.18 bits per heavy atom. The van der Waals surface area contributed by atoms with Gasteiger partial charge >= 0.3 is 5.97 Å². The lowest BCUT2D eigenvalue weighted by molar-refractivity contribution is -0.137. The maximum atomic E-state index is 11.9. The summed E-state index contributed by atoms with van der Waals surface area (Å²) in [4.78, 5) is 34.3. The minimum atomic E-state index is -0.882. The Kier molecular flexibility index (Phi) is 5.14. The molecule has 3 N–H and O–H groups in total. The van der Waals surface area contributed by atoms with Gasteiger partial charge in [0.05, 0.1) is 0 Å². The molecule has 0 aromatic heterocycles. The summed E-state index contributed by atoms with van der Waals surface area (Å²) in [6, 6.07) is 6.73. The van der Waals surface area contributed by atoms with Crippen molar-refractivity contribution in [3.05, 3.63) is 35.4 Å². The summed E-state index contributed by atoms with van der Waals surface area (Å²) in [5.41, 5.74) is 0.980. The quantitative estimate of drug-likeness (QED) is 0.710. The van der Waals surface area contributed by atoms with Gasteiger partial charge in [0.2, 0.25) is 0 Å². The van der Waals surface area contributed by atoms with E-state index in [-0.39, 0.29) is 24.2 Å². The highest BCUT2D eigenvalue weighted by molar-refractivity contribution is 5.98. The number of rotatable bonds is 7. The number of benzene rings is 1. The first-order valence-electron chi connectivity index (χ1n) is 7.36. The second kappa shape index (κ2) is 7.06. The summed E-state index contributed by atoms with van der Waals surface area (Å²) in [6.07, 6.45) is 2.07. The number of carbonyl (C=O) groups is 3. The predicted octanol–water partition coefficient (Wildman–Crippen LogP) is 1.42. The van der Waals surface area contributed by atoms with Gasteiger partial charge in [-0.1, -0.05) is 6.92 Å². The molecule has 1 aliphatic carbocycles. The Bertz CT molecular complexity index is 564. The average molecular weight is 304 g/mol. The molecule has 6 nitrogen and oxygen atoms in total. The topological polar surface area (TPSA) is 95.5 Å². The van der Waals surface area contributed by atoms with Crippen LogP contribution in [0.25, 0.3) is 0 Å². The van der Waals surface area contributed by atoms with E-state index in [1.165, 1.54) is 0 Å². The molecule has 2 amide bonds. The summed E-state index contributed by atoms with van der Waals surface area (Å²) in [7, 11) is 0. The average Bonchev–Trinajstić information content (AvgIpc) is 3.28. The lowest BCUT2D eigenvalue weighted by Gasteiger charge is -2.10. The van der Waals surface area contributed by atoms with Crippen LogP contribution in [0, 0.1) is 5.92 Å². The summed E-state index contributed by atoms with van der Waals surface area (Å²) >= 11 is 0. The standard InChI is InChI=1S/C16H20N2O4/c1-10(8-14(19)20)9-17-15(21)11-2-4-12(5-3-11)16(22)18-13-6-7-13/h2-5,10,13H,6-9H2,1H3,(H,17,21)(H,18,22)(H,19,20). The molecule has 0 aliphatic heterocycles. The molecule has 1 aliphatic rings. The van der Waals surface area contributed by atoms with E-state index in [4.69, 9.17) is 5.11 Å². The highest BCUT2D eigenvalue weighted by atomic mass is 16.4. The van der Waals surface area contributed by atoms with E-state index in [2.05, 4.69) is 10.6 Å². The molecular formula is C16H20N2O4. The van der Waals surface area contributed by atoms with E-state index in [9.17, 15) is 14.4 Å². The third kappa shape index (κ3) is 4.87. The van der Waals surface area contributed by atoms with Gasteiger partial charge in [-0.3, -0.25) is 14.4 Å². The molecule has 1 aromatic carbocycles. The summed E-state index contributed by atoms with van der Waals surface area (Å²) in [5.74, 6) is -1.41. The van der Waals surface area contributed by atoms with Gasteiger partial charge in [-0.25, -0.2) is 0 Å². The summed E-state index contributed by atoms with van der Waals surface area (Å²) in [5, 5.41) is 14.2. The highest BCUT2D eigenvalue weighted by Gasteiger charge is 2.23. The Labute approximate surface area is 128 Å². The molecule has 6 heteroatoms. The molecule has 0 heterocycles. The third-order valence-electron chi connectivity index (χ3n) is 3.46. The maximum absolute atomic E-state index is 11.9. The largest absolute Gasteiger partial charge is 0.481 e. The van der Waals surface area contributed by atoms with Gasteiger partial charge in [-0.15, -0.1) is 0 Å². The number of hydrogen-bond donors (Lipinski definition) is 3. The van der Waals surface area contributed by atoms with Gasteiger partial charge in [0.1, 0.15) is 0 Å². The Hall–Kier alpha value is -2.37. The molecule has 0 bridgehead atoms. The second-order valence-electron chi connectivity index (χ2n) is 5.74. The van der Waals surface area contributed by atoms with Crippen molar-refractivity contribution in [3.8, 4) is 0 Å². The number of carboxylic acid groups (broad SMARTS) is 1. The Balaban J connectivity index is 1.84. The van der Waals surface area contributed by atoms with Crippen LogP contribution in [-0.4, -0.2) is 35.5 Å². The lowest BCUT2D eigenvalue weighted by atomic mass is 10.1. The van der Waals surface area contributed by atoms with Crippen molar-refractivity contribution in [2.75, 3.05) is 6.54 Å². The lowest BCUT2D eigenvalue weighted by Crippen LogP contribution is -2.29. The van der Waals surface area contributed by atoms with Crippen LogP contribution in [0.4, 0.5) is 0 Å². The number of carbonyl (C=O) groups excluding carboxylic acids is 2. The van der Waals surface area contributed by atoms with Crippen LogP contribution in [0.5, 0.6) is 0 Å². The van der Waals surface area contributed by atoms with Crippen molar-refractivity contribution >= 4 is 17.8 Å². The number of aliphatic carboxylic acids is 1. The molecule has 2 rings (SSSR count). The van der Waals surface area contributed by atoms with Gasteiger partial charge in [0.25, 0.3) is 11.8 Å². The number of nitrogens with one attached hydrogen (secondary N) is 2. The molecule has 1 unspecified atom stereocenters. The first-order valence-corrected chi connectivity index (χ1v) is 7.36. The first-order chi connectivity index (χ1) is 10.5. The zero-order chi connectivity index (χ0) is 16.1. The van der Waals surface area contributed by atoms with Gasteiger partial charge in [-0.05, 0) is 43.0 Å². The van der Waals surface area contributed by atoms with Gasteiger partial charge in [0.15, 0.2) is 0 Å². The zero-order valence-corrected chi connectivity index (χ0v) is 12.5.